The predicted octanol–water partition coefficient (Wildman–Crippen LogP) is 3.73. The zero-order chi connectivity index (χ0) is 15.4. The third-order valence-electron chi connectivity index (χ3n) is 3.75. The molecule has 3 nitrogen and oxygen atoms in total. The second-order valence-corrected chi connectivity index (χ2v) is 6.49. The monoisotopic (exact) mass is 313 g/mol. The molecule has 2 aromatic carbocycles. The fraction of sp³-hybridized carbons (Fsp3) is 0.278. The maximum absolute atomic E-state index is 12.2. The fourth-order valence-corrected chi connectivity index (χ4v) is 3.71. The van der Waals surface area contributed by atoms with Gasteiger partial charge in [0.25, 0.3) is 5.91 Å². The van der Waals surface area contributed by atoms with Gasteiger partial charge < -0.3 is 10.1 Å². The molecule has 1 aliphatic rings. The van der Waals surface area contributed by atoms with Crippen LogP contribution in [0.3, 0.4) is 0 Å². The molecule has 0 unspecified atom stereocenters. The first-order valence-electron chi connectivity index (χ1n) is 7.43. The molecule has 1 N–H and O–H groups in total. The maximum Gasteiger partial charge on any atom is 0.258 e. The van der Waals surface area contributed by atoms with Crippen LogP contribution >= 0.6 is 11.8 Å². The Kier molecular flexibility index (Phi) is 4.68. The predicted molar refractivity (Wildman–Crippen MR) is 89.3 cm³/mol. The van der Waals surface area contributed by atoms with E-state index in [4.69, 9.17) is 4.74 Å². The number of carbonyl (C=O) groups is 1. The number of benzene rings is 2. The number of thioether (sulfide) groups is 1. The van der Waals surface area contributed by atoms with Gasteiger partial charge in [-0.05, 0) is 36.6 Å². The number of amides is 1. The Balaban J connectivity index is 1.60. The number of carbonyl (C=O) groups excluding carboxylic acids is 1. The summed E-state index contributed by atoms with van der Waals surface area (Å²) in [5, 5.41) is 3.09. The molecule has 114 valence electrons. The summed E-state index contributed by atoms with van der Waals surface area (Å²) in [6, 6.07) is 16.1. The summed E-state index contributed by atoms with van der Waals surface area (Å²) in [5.74, 6) is 1.72. The standard InChI is InChI=1S/C18H19NO2S/c1-13-6-2-4-8-16(13)21-12-18(20)19-15-10-11-22-17-9-5-3-7-14(15)17/h2-9,15H,10-12H2,1H3,(H,19,20)/t15-/m1/s1. The van der Waals surface area contributed by atoms with E-state index >= 15 is 0 Å². The second kappa shape index (κ2) is 6.88. The molecule has 1 atom stereocenters. The van der Waals surface area contributed by atoms with Crippen LogP contribution in [0.1, 0.15) is 23.6 Å². The summed E-state index contributed by atoms with van der Waals surface area (Å²) >= 11 is 1.85. The van der Waals surface area contributed by atoms with Crippen LogP contribution in [-0.4, -0.2) is 18.3 Å². The van der Waals surface area contributed by atoms with E-state index in [1.165, 1.54) is 10.5 Å². The lowest BCUT2D eigenvalue weighted by atomic mass is 10.0. The number of hydrogen-bond donors (Lipinski definition) is 1. The fourth-order valence-electron chi connectivity index (χ4n) is 2.59. The Labute approximate surface area is 135 Å². The van der Waals surface area contributed by atoms with Crippen molar-refractivity contribution in [2.75, 3.05) is 12.4 Å². The van der Waals surface area contributed by atoms with E-state index in [1.807, 2.05) is 55.1 Å². The average molecular weight is 313 g/mol. The van der Waals surface area contributed by atoms with E-state index in [9.17, 15) is 4.79 Å². The van der Waals surface area contributed by atoms with Gasteiger partial charge >= 0.3 is 0 Å². The van der Waals surface area contributed by atoms with Crippen molar-refractivity contribution in [1.29, 1.82) is 0 Å². The Morgan fingerprint density at radius 1 is 1.23 bits per heavy atom. The highest BCUT2D eigenvalue weighted by Gasteiger charge is 2.21. The molecular weight excluding hydrogens is 294 g/mol. The van der Waals surface area contributed by atoms with Crippen molar-refractivity contribution in [2.24, 2.45) is 0 Å². The molecule has 0 bridgehead atoms. The quantitative estimate of drug-likeness (QED) is 0.935. The number of aryl methyl sites for hydroxylation is 1. The third-order valence-corrected chi connectivity index (χ3v) is 4.87. The summed E-state index contributed by atoms with van der Waals surface area (Å²) in [6.07, 6.45) is 0.956. The SMILES string of the molecule is Cc1ccccc1OCC(=O)N[C@@H]1CCSc2ccccc21. The maximum atomic E-state index is 12.2. The summed E-state index contributed by atoms with van der Waals surface area (Å²) in [4.78, 5) is 13.4. The number of para-hydroxylation sites is 1. The van der Waals surface area contributed by atoms with E-state index in [2.05, 4.69) is 17.4 Å². The molecule has 0 radical (unpaired) electrons. The van der Waals surface area contributed by atoms with Crippen LogP contribution < -0.4 is 10.1 Å². The van der Waals surface area contributed by atoms with Crippen LogP contribution in [0.25, 0.3) is 0 Å². The van der Waals surface area contributed by atoms with Crippen molar-refractivity contribution in [3.05, 3.63) is 59.7 Å². The van der Waals surface area contributed by atoms with E-state index in [0.29, 0.717) is 0 Å². The van der Waals surface area contributed by atoms with Gasteiger partial charge in [-0.3, -0.25) is 4.79 Å². The van der Waals surface area contributed by atoms with Crippen molar-refractivity contribution in [2.45, 2.75) is 24.3 Å². The Morgan fingerprint density at radius 2 is 2.00 bits per heavy atom. The number of nitrogens with one attached hydrogen (secondary N) is 1. The normalized spacial score (nSPS) is 16.7. The Hall–Kier alpha value is -1.94. The number of ether oxygens (including phenoxy) is 1. The van der Waals surface area contributed by atoms with Crippen molar-refractivity contribution in [1.82, 2.24) is 5.32 Å². The lowest BCUT2D eigenvalue weighted by Crippen LogP contribution is -2.34. The van der Waals surface area contributed by atoms with E-state index < -0.39 is 0 Å². The minimum atomic E-state index is -0.0741. The highest BCUT2D eigenvalue weighted by molar-refractivity contribution is 7.99. The van der Waals surface area contributed by atoms with Gasteiger partial charge in [-0.2, -0.15) is 0 Å². The molecule has 0 saturated heterocycles. The van der Waals surface area contributed by atoms with Crippen molar-refractivity contribution in [3.63, 3.8) is 0 Å². The minimum Gasteiger partial charge on any atom is -0.484 e. The zero-order valence-corrected chi connectivity index (χ0v) is 13.4. The van der Waals surface area contributed by atoms with Crippen LogP contribution in [0, 0.1) is 6.92 Å². The summed E-state index contributed by atoms with van der Waals surface area (Å²) in [6.45, 7) is 2.03. The van der Waals surface area contributed by atoms with Crippen molar-refractivity contribution in [3.8, 4) is 5.75 Å². The zero-order valence-electron chi connectivity index (χ0n) is 12.5. The molecular formula is C18H19NO2S. The summed E-state index contributed by atoms with van der Waals surface area (Å²) < 4.78 is 5.61. The Morgan fingerprint density at radius 3 is 2.86 bits per heavy atom. The molecule has 22 heavy (non-hydrogen) atoms. The van der Waals surface area contributed by atoms with Crippen LogP contribution in [-0.2, 0) is 4.79 Å². The van der Waals surface area contributed by atoms with Crippen LogP contribution in [0.5, 0.6) is 5.75 Å². The molecule has 0 spiro atoms. The molecule has 1 amide bonds. The number of fused-ring (bicyclic) bond motifs is 1. The van der Waals surface area contributed by atoms with Crippen LogP contribution in [0.4, 0.5) is 0 Å². The van der Waals surface area contributed by atoms with Crippen LogP contribution in [0.15, 0.2) is 53.4 Å². The molecule has 0 saturated carbocycles. The number of rotatable bonds is 4. The van der Waals surface area contributed by atoms with Crippen molar-refractivity contribution >= 4 is 17.7 Å². The van der Waals surface area contributed by atoms with Crippen molar-refractivity contribution < 1.29 is 9.53 Å². The lowest BCUT2D eigenvalue weighted by molar-refractivity contribution is -0.123. The first kappa shape index (κ1) is 15.0. The third kappa shape index (κ3) is 3.45. The second-order valence-electron chi connectivity index (χ2n) is 5.35. The highest BCUT2D eigenvalue weighted by Crippen LogP contribution is 2.35. The van der Waals surface area contributed by atoms with Gasteiger partial charge in [-0.1, -0.05) is 36.4 Å². The van der Waals surface area contributed by atoms with Gasteiger partial charge in [0.05, 0.1) is 6.04 Å². The van der Waals surface area contributed by atoms with E-state index in [-0.39, 0.29) is 18.6 Å². The molecule has 0 aromatic heterocycles. The van der Waals surface area contributed by atoms with Gasteiger partial charge in [0.2, 0.25) is 0 Å². The van der Waals surface area contributed by atoms with Gasteiger partial charge in [-0.15, -0.1) is 11.8 Å². The molecule has 0 aliphatic carbocycles. The lowest BCUT2D eigenvalue weighted by Gasteiger charge is -2.25. The van der Waals surface area contributed by atoms with Gasteiger partial charge in [0.1, 0.15) is 5.75 Å². The molecule has 0 fully saturated rings. The smallest absolute Gasteiger partial charge is 0.258 e. The van der Waals surface area contributed by atoms with Gasteiger partial charge in [0, 0.05) is 10.6 Å². The highest BCUT2D eigenvalue weighted by atomic mass is 32.2. The Bertz CT molecular complexity index is 672. The minimum absolute atomic E-state index is 0.0522. The topological polar surface area (TPSA) is 38.3 Å². The largest absolute Gasteiger partial charge is 0.484 e. The first-order chi connectivity index (χ1) is 10.7. The van der Waals surface area contributed by atoms with Crippen LogP contribution in [0.2, 0.25) is 0 Å². The molecule has 1 heterocycles. The number of hydrogen-bond acceptors (Lipinski definition) is 3. The van der Waals surface area contributed by atoms with Gasteiger partial charge in [0.15, 0.2) is 6.61 Å². The molecule has 2 aromatic rings. The van der Waals surface area contributed by atoms with E-state index in [0.717, 1.165) is 23.5 Å². The van der Waals surface area contributed by atoms with E-state index in [1.54, 1.807) is 0 Å². The van der Waals surface area contributed by atoms with Gasteiger partial charge in [-0.25, -0.2) is 0 Å². The first-order valence-corrected chi connectivity index (χ1v) is 8.42. The molecule has 4 heteroatoms. The molecule has 1 aliphatic heterocycles. The summed E-state index contributed by atoms with van der Waals surface area (Å²) in [5.41, 5.74) is 2.25. The molecule has 3 rings (SSSR count). The average Bonchev–Trinajstić information content (AvgIpc) is 2.54. The summed E-state index contributed by atoms with van der Waals surface area (Å²) in [7, 11) is 0.